The van der Waals surface area contributed by atoms with Gasteiger partial charge in [-0.25, -0.2) is 0 Å². The minimum atomic E-state index is 0. The van der Waals surface area contributed by atoms with Gasteiger partial charge in [0.15, 0.2) is 0 Å². The smallest absolute Gasteiger partial charge is 0.0152 e. The lowest BCUT2D eigenvalue weighted by Gasteiger charge is -1.92. The number of benzene rings is 1. The Morgan fingerprint density at radius 3 is 1.70 bits per heavy atom. The van der Waals surface area contributed by atoms with Crippen molar-refractivity contribution in [1.82, 2.24) is 6.15 Å². The van der Waals surface area contributed by atoms with E-state index in [4.69, 9.17) is 0 Å². The van der Waals surface area contributed by atoms with Crippen molar-refractivity contribution >= 4 is 0 Å². The molecule has 0 aliphatic heterocycles. The zero-order valence-corrected chi connectivity index (χ0v) is 6.52. The van der Waals surface area contributed by atoms with Gasteiger partial charge in [-0.1, -0.05) is 38.1 Å². The number of hydrogen-bond acceptors (Lipinski definition) is 1. The van der Waals surface area contributed by atoms with E-state index in [0.717, 1.165) is 0 Å². The highest BCUT2D eigenvalue weighted by atomic mass is 14.4. The van der Waals surface area contributed by atoms with E-state index in [0.29, 0.717) is 5.41 Å². The number of fused-ring (bicyclic) bond motifs is 1. The van der Waals surface area contributed by atoms with Gasteiger partial charge >= 0.3 is 0 Å². The molecule has 0 saturated heterocycles. The minimum absolute atomic E-state index is 0. The zero-order valence-electron chi connectivity index (χ0n) is 6.52. The third-order valence-electron chi connectivity index (χ3n) is 2.21. The van der Waals surface area contributed by atoms with E-state index in [1.165, 1.54) is 11.1 Å². The molecule has 1 nitrogen and oxygen atoms in total. The van der Waals surface area contributed by atoms with E-state index in [9.17, 15) is 0 Å². The Hall–Kier alpha value is -0.820. The molecule has 1 heteroatoms. The standard InChI is InChI=1S/C9H10.H3N/c1-9(2)7-5-3-4-6-8(7)9;/h3-6H,1-2H3;1H3. The first-order valence-corrected chi connectivity index (χ1v) is 3.33. The average molecular weight is 135 g/mol. The number of hydrogen-bond donors (Lipinski definition) is 1. The molecule has 0 atom stereocenters. The molecule has 54 valence electrons. The Balaban J connectivity index is 0.000000500. The van der Waals surface area contributed by atoms with Crippen LogP contribution in [-0.2, 0) is 5.41 Å². The van der Waals surface area contributed by atoms with Crippen molar-refractivity contribution in [1.29, 1.82) is 0 Å². The highest BCUT2D eigenvalue weighted by Crippen LogP contribution is 2.48. The van der Waals surface area contributed by atoms with Gasteiger partial charge < -0.3 is 6.15 Å². The van der Waals surface area contributed by atoms with Crippen molar-refractivity contribution in [3.8, 4) is 0 Å². The second-order valence-electron chi connectivity index (χ2n) is 3.17. The van der Waals surface area contributed by atoms with Crippen LogP contribution >= 0.6 is 0 Å². The van der Waals surface area contributed by atoms with Crippen molar-refractivity contribution in [3.63, 3.8) is 0 Å². The van der Waals surface area contributed by atoms with Gasteiger partial charge in [-0.2, -0.15) is 0 Å². The summed E-state index contributed by atoms with van der Waals surface area (Å²) in [4.78, 5) is 0. The molecular formula is C9H13N. The highest BCUT2D eigenvalue weighted by molar-refractivity contribution is 5.57. The van der Waals surface area contributed by atoms with Crippen LogP contribution < -0.4 is 6.15 Å². The van der Waals surface area contributed by atoms with Gasteiger partial charge in [0.1, 0.15) is 0 Å². The van der Waals surface area contributed by atoms with E-state index in [2.05, 4.69) is 38.1 Å². The quantitative estimate of drug-likeness (QED) is 0.582. The summed E-state index contributed by atoms with van der Waals surface area (Å²) in [7, 11) is 0. The van der Waals surface area contributed by atoms with Crippen LogP contribution in [-0.4, -0.2) is 0 Å². The van der Waals surface area contributed by atoms with Gasteiger partial charge in [-0.3, -0.25) is 0 Å². The molecule has 1 aromatic carbocycles. The fourth-order valence-corrected chi connectivity index (χ4v) is 1.43. The highest BCUT2D eigenvalue weighted by Gasteiger charge is 2.40. The van der Waals surface area contributed by atoms with Gasteiger partial charge in [0.05, 0.1) is 0 Å². The Kier molecular flexibility index (Phi) is 1.33. The summed E-state index contributed by atoms with van der Waals surface area (Å²) in [5, 5.41) is 0. The lowest BCUT2D eigenvalue weighted by molar-refractivity contribution is 0.793. The molecule has 1 aliphatic carbocycles. The molecule has 1 aliphatic rings. The Morgan fingerprint density at radius 1 is 1.00 bits per heavy atom. The van der Waals surface area contributed by atoms with Crippen LogP contribution in [0.3, 0.4) is 0 Å². The molecule has 2 rings (SSSR count). The molecule has 0 radical (unpaired) electrons. The zero-order chi connectivity index (χ0) is 6.48. The van der Waals surface area contributed by atoms with Crippen LogP contribution in [0.25, 0.3) is 0 Å². The molecule has 0 unspecified atom stereocenters. The summed E-state index contributed by atoms with van der Waals surface area (Å²) >= 11 is 0. The summed E-state index contributed by atoms with van der Waals surface area (Å²) in [6.45, 7) is 4.52. The predicted octanol–water partition coefficient (Wildman–Crippen LogP) is 2.49. The first-order chi connectivity index (χ1) is 4.23. The number of rotatable bonds is 0. The van der Waals surface area contributed by atoms with E-state index < -0.39 is 0 Å². The lowest BCUT2D eigenvalue weighted by Crippen LogP contribution is -1.89. The molecule has 1 aromatic rings. The third kappa shape index (κ3) is 0.673. The summed E-state index contributed by atoms with van der Waals surface area (Å²) in [5.74, 6) is 0. The molecule has 0 bridgehead atoms. The Bertz CT molecular complexity index is 226. The van der Waals surface area contributed by atoms with Crippen LogP contribution in [0.5, 0.6) is 0 Å². The second-order valence-corrected chi connectivity index (χ2v) is 3.17. The van der Waals surface area contributed by atoms with Crippen LogP contribution in [0.4, 0.5) is 0 Å². The molecule has 3 N–H and O–H groups in total. The Morgan fingerprint density at radius 2 is 1.40 bits per heavy atom. The monoisotopic (exact) mass is 135 g/mol. The average Bonchev–Trinajstić information content (AvgIpc) is 2.39. The predicted molar refractivity (Wildman–Crippen MR) is 43.6 cm³/mol. The first kappa shape index (κ1) is 7.29. The van der Waals surface area contributed by atoms with E-state index in [-0.39, 0.29) is 6.15 Å². The molecule has 0 amide bonds. The van der Waals surface area contributed by atoms with E-state index >= 15 is 0 Å². The first-order valence-electron chi connectivity index (χ1n) is 3.33. The van der Waals surface area contributed by atoms with Crippen molar-refractivity contribution in [3.05, 3.63) is 35.4 Å². The summed E-state index contributed by atoms with van der Waals surface area (Å²) in [6.07, 6.45) is 0. The molecule has 0 fully saturated rings. The molecule has 0 aromatic heterocycles. The van der Waals surface area contributed by atoms with Gasteiger partial charge in [-0.05, 0) is 11.1 Å². The van der Waals surface area contributed by atoms with Crippen molar-refractivity contribution in [2.75, 3.05) is 0 Å². The maximum absolute atomic E-state index is 2.26. The molecule has 10 heavy (non-hydrogen) atoms. The van der Waals surface area contributed by atoms with Crippen LogP contribution in [0, 0.1) is 0 Å². The second kappa shape index (κ2) is 1.83. The van der Waals surface area contributed by atoms with Crippen molar-refractivity contribution in [2.45, 2.75) is 19.3 Å². The SMILES string of the molecule is CC1(C)c2ccccc21.N. The molecule has 0 saturated carbocycles. The lowest BCUT2D eigenvalue weighted by atomic mass is 10.1. The van der Waals surface area contributed by atoms with Crippen LogP contribution in [0.2, 0.25) is 0 Å². The maximum Gasteiger partial charge on any atom is 0.0152 e. The van der Waals surface area contributed by atoms with Crippen LogP contribution in [0.15, 0.2) is 24.3 Å². The largest absolute Gasteiger partial charge is 0.344 e. The normalized spacial score (nSPS) is 17.0. The summed E-state index contributed by atoms with van der Waals surface area (Å²) in [5.41, 5.74) is 3.44. The van der Waals surface area contributed by atoms with Crippen LogP contribution in [0.1, 0.15) is 25.0 Å². The van der Waals surface area contributed by atoms with Gasteiger partial charge in [-0.15, -0.1) is 0 Å². The molecular weight excluding hydrogens is 122 g/mol. The van der Waals surface area contributed by atoms with Gasteiger partial charge in [0.25, 0.3) is 0 Å². The molecule has 0 heterocycles. The fourth-order valence-electron chi connectivity index (χ4n) is 1.43. The van der Waals surface area contributed by atoms with Gasteiger partial charge in [0.2, 0.25) is 0 Å². The summed E-state index contributed by atoms with van der Waals surface area (Å²) in [6, 6.07) is 8.62. The fraction of sp³-hybridized carbons (Fsp3) is 0.333. The van der Waals surface area contributed by atoms with E-state index in [1.807, 2.05) is 0 Å². The maximum atomic E-state index is 2.26. The molecule has 0 spiro atoms. The van der Waals surface area contributed by atoms with Crippen molar-refractivity contribution < 1.29 is 0 Å². The summed E-state index contributed by atoms with van der Waals surface area (Å²) < 4.78 is 0. The van der Waals surface area contributed by atoms with Crippen molar-refractivity contribution in [2.24, 2.45) is 0 Å². The Labute approximate surface area is 61.7 Å². The topological polar surface area (TPSA) is 35.0 Å². The van der Waals surface area contributed by atoms with Gasteiger partial charge in [0, 0.05) is 5.41 Å². The minimum Gasteiger partial charge on any atom is -0.344 e. The van der Waals surface area contributed by atoms with E-state index in [1.54, 1.807) is 0 Å². The third-order valence-corrected chi connectivity index (χ3v) is 2.21.